The molecule has 1 aliphatic carbocycles. The van der Waals surface area contributed by atoms with E-state index in [4.69, 9.17) is 4.42 Å². The average Bonchev–Trinajstić information content (AvgIpc) is 2.97. The van der Waals surface area contributed by atoms with E-state index in [1.165, 1.54) is 0 Å². The van der Waals surface area contributed by atoms with Gasteiger partial charge in [0.1, 0.15) is 6.26 Å². The number of rotatable bonds is 4. The summed E-state index contributed by atoms with van der Waals surface area (Å²) in [7, 11) is 0. The Hall–Kier alpha value is -1.65. The molecule has 2 N–H and O–H groups in total. The molecule has 0 bridgehead atoms. The normalized spacial score (nSPS) is 22.9. The third-order valence-electron chi connectivity index (χ3n) is 3.84. The van der Waals surface area contributed by atoms with Crippen molar-refractivity contribution in [3.05, 3.63) is 42.3 Å². The van der Waals surface area contributed by atoms with E-state index in [1.54, 1.807) is 6.26 Å². The summed E-state index contributed by atoms with van der Waals surface area (Å²) in [6.07, 6.45) is 5.46. The molecular weight excluding hydrogens is 252 g/mol. The van der Waals surface area contributed by atoms with Crippen LogP contribution < -0.4 is 5.32 Å². The number of aliphatic hydroxyl groups excluding tert-OH is 1. The number of oxazole rings is 1. The van der Waals surface area contributed by atoms with Gasteiger partial charge in [-0.05, 0) is 37.8 Å². The number of aromatic nitrogens is 1. The third-order valence-corrected chi connectivity index (χ3v) is 3.84. The van der Waals surface area contributed by atoms with Crippen molar-refractivity contribution in [2.24, 2.45) is 0 Å². The molecule has 4 nitrogen and oxygen atoms in total. The number of hydrogen-bond donors (Lipinski definition) is 2. The van der Waals surface area contributed by atoms with Gasteiger partial charge in [0, 0.05) is 18.2 Å². The van der Waals surface area contributed by atoms with E-state index in [1.807, 2.05) is 30.3 Å². The Balaban J connectivity index is 1.55. The molecule has 0 unspecified atom stereocenters. The topological polar surface area (TPSA) is 58.3 Å². The highest BCUT2D eigenvalue weighted by Crippen LogP contribution is 2.20. The average molecular weight is 272 g/mol. The molecule has 1 heterocycles. The molecule has 3 rings (SSSR count). The van der Waals surface area contributed by atoms with Gasteiger partial charge in [-0.3, -0.25) is 0 Å². The fourth-order valence-electron chi connectivity index (χ4n) is 2.63. The Bertz CT molecular complexity index is 530. The second-order valence-electron chi connectivity index (χ2n) is 5.40. The zero-order valence-corrected chi connectivity index (χ0v) is 11.5. The minimum atomic E-state index is -0.107. The first-order chi connectivity index (χ1) is 9.81. The Labute approximate surface area is 118 Å². The lowest BCUT2D eigenvalue weighted by molar-refractivity contribution is 0.116. The van der Waals surface area contributed by atoms with Crippen LogP contribution in [0.5, 0.6) is 0 Å². The van der Waals surface area contributed by atoms with E-state index in [0.717, 1.165) is 43.5 Å². The van der Waals surface area contributed by atoms with Crippen LogP contribution in [-0.2, 0) is 6.54 Å². The Morgan fingerprint density at radius 2 is 1.90 bits per heavy atom. The van der Waals surface area contributed by atoms with Crippen molar-refractivity contribution in [1.82, 2.24) is 10.3 Å². The molecule has 1 aromatic carbocycles. The van der Waals surface area contributed by atoms with Crippen LogP contribution in [0.1, 0.15) is 31.4 Å². The molecule has 0 aliphatic heterocycles. The summed E-state index contributed by atoms with van der Waals surface area (Å²) in [6.45, 7) is 0.719. The first-order valence-electron chi connectivity index (χ1n) is 7.22. The third kappa shape index (κ3) is 3.26. The monoisotopic (exact) mass is 272 g/mol. The van der Waals surface area contributed by atoms with E-state index in [9.17, 15) is 5.11 Å². The van der Waals surface area contributed by atoms with Gasteiger partial charge < -0.3 is 14.8 Å². The Morgan fingerprint density at radius 1 is 1.15 bits per heavy atom. The Morgan fingerprint density at radius 3 is 2.65 bits per heavy atom. The quantitative estimate of drug-likeness (QED) is 0.898. The summed E-state index contributed by atoms with van der Waals surface area (Å²) >= 11 is 0. The summed E-state index contributed by atoms with van der Waals surface area (Å²) in [4.78, 5) is 4.50. The number of aliphatic hydroxyl groups is 1. The van der Waals surface area contributed by atoms with Gasteiger partial charge in [0.2, 0.25) is 5.89 Å². The van der Waals surface area contributed by atoms with E-state index >= 15 is 0 Å². The SMILES string of the molecule is OC1CCC(NCc2coc(-c3ccccc3)n2)CC1. The van der Waals surface area contributed by atoms with Gasteiger partial charge in [-0.1, -0.05) is 18.2 Å². The van der Waals surface area contributed by atoms with E-state index < -0.39 is 0 Å². The van der Waals surface area contributed by atoms with Crippen molar-refractivity contribution in [2.75, 3.05) is 0 Å². The first-order valence-corrected chi connectivity index (χ1v) is 7.22. The van der Waals surface area contributed by atoms with Gasteiger partial charge in [0.05, 0.1) is 11.8 Å². The molecule has 0 amide bonds. The molecular formula is C16H20N2O2. The van der Waals surface area contributed by atoms with Gasteiger partial charge in [-0.2, -0.15) is 0 Å². The molecule has 1 aliphatic rings. The van der Waals surface area contributed by atoms with Gasteiger partial charge >= 0.3 is 0 Å². The van der Waals surface area contributed by atoms with Crippen molar-refractivity contribution < 1.29 is 9.52 Å². The van der Waals surface area contributed by atoms with Gasteiger partial charge in [-0.25, -0.2) is 4.98 Å². The lowest BCUT2D eigenvalue weighted by Crippen LogP contribution is -2.34. The lowest BCUT2D eigenvalue weighted by atomic mass is 9.93. The van der Waals surface area contributed by atoms with Crippen molar-refractivity contribution in [2.45, 2.75) is 44.4 Å². The highest BCUT2D eigenvalue weighted by atomic mass is 16.3. The number of hydrogen-bond acceptors (Lipinski definition) is 4. The Kier molecular flexibility index (Phi) is 4.14. The molecule has 1 saturated carbocycles. The molecule has 1 fully saturated rings. The molecule has 0 radical (unpaired) electrons. The highest BCUT2D eigenvalue weighted by molar-refractivity contribution is 5.52. The summed E-state index contributed by atoms with van der Waals surface area (Å²) in [6, 6.07) is 10.4. The molecule has 0 atom stereocenters. The number of nitrogens with one attached hydrogen (secondary N) is 1. The van der Waals surface area contributed by atoms with E-state index in [-0.39, 0.29) is 6.10 Å². The van der Waals surface area contributed by atoms with Crippen LogP contribution in [-0.4, -0.2) is 22.2 Å². The van der Waals surface area contributed by atoms with Crippen molar-refractivity contribution >= 4 is 0 Å². The maximum Gasteiger partial charge on any atom is 0.226 e. The standard InChI is InChI=1S/C16H20N2O2/c19-15-8-6-13(7-9-15)17-10-14-11-20-16(18-14)12-4-2-1-3-5-12/h1-5,11,13,15,17,19H,6-10H2. The largest absolute Gasteiger partial charge is 0.444 e. The lowest BCUT2D eigenvalue weighted by Gasteiger charge is -2.25. The first kappa shape index (κ1) is 13.3. The highest BCUT2D eigenvalue weighted by Gasteiger charge is 2.19. The summed E-state index contributed by atoms with van der Waals surface area (Å²) in [5.41, 5.74) is 1.93. The number of nitrogens with zero attached hydrogens (tertiary/aromatic N) is 1. The molecule has 2 aromatic rings. The van der Waals surface area contributed by atoms with E-state index in [2.05, 4.69) is 10.3 Å². The minimum absolute atomic E-state index is 0.107. The van der Waals surface area contributed by atoms with Crippen LogP contribution in [0.15, 0.2) is 41.0 Å². The predicted octanol–water partition coefficient (Wildman–Crippen LogP) is 2.73. The van der Waals surface area contributed by atoms with Crippen LogP contribution >= 0.6 is 0 Å². The smallest absolute Gasteiger partial charge is 0.226 e. The summed E-state index contributed by atoms with van der Waals surface area (Å²) in [5.74, 6) is 0.668. The zero-order valence-electron chi connectivity index (χ0n) is 11.5. The predicted molar refractivity (Wildman–Crippen MR) is 77.0 cm³/mol. The fraction of sp³-hybridized carbons (Fsp3) is 0.438. The molecule has 0 spiro atoms. The van der Waals surface area contributed by atoms with E-state index in [0.29, 0.717) is 11.9 Å². The van der Waals surface area contributed by atoms with Gasteiger partial charge in [-0.15, -0.1) is 0 Å². The zero-order chi connectivity index (χ0) is 13.8. The maximum atomic E-state index is 9.49. The molecule has 20 heavy (non-hydrogen) atoms. The molecule has 4 heteroatoms. The van der Waals surface area contributed by atoms with Crippen LogP contribution in [0, 0.1) is 0 Å². The summed E-state index contributed by atoms with van der Waals surface area (Å²) < 4.78 is 5.52. The van der Waals surface area contributed by atoms with Gasteiger partial charge in [0.25, 0.3) is 0 Å². The van der Waals surface area contributed by atoms with Crippen LogP contribution in [0.25, 0.3) is 11.5 Å². The molecule has 1 aromatic heterocycles. The van der Waals surface area contributed by atoms with Crippen LogP contribution in [0.3, 0.4) is 0 Å². The van der Waals surface area contributed by atoms with Crippen molar-refractivity contribution in [3.8, 4) is 11.5 Å². The molecule has 0 saturated heterocycles. The number of benzene rings is 1. The second kappa shape index (κ2) is 6.20. The molecule has 106 valence electrons. The second-order valence-corrected chi connectivity index (χ2v) is 5.40. The van der Waals surface area contributed by atoms with Gasteiger partial charge in [0.15, 0.2) is 0 Å². The minimum Gasteiger partial charge on any atom is -0.444 e. The van der Waals surface area contributed by atoms with Crippen molar-refractivity contribution in [1.29, 1.82) is 0 Å². The van der Waals surface area contributed by atoms with Crippen LogP contribution in [0.4, 0.5) is 0 Å². The summed E-state index contributed by atoms with van der Waals surface area (Å²) in [5, 5.41) is 13.0. The van der Waals surface area contributed by atoms with Crippen LogP contribution in [0.2, 0.25) is 0 Å². The van der Waals surface area contributed by atoms with Crippen molar-refractivity contribution in [3.63, 3.8) is 0 Å². The fourth-order valence-corrected chi connectivity index (χ4v) is 2.63. The maximum absolute atomic E-state index is 9.49.